The van der Waals surface area contributed by atoms with E-state index in [1.165, 1.54) is 32.4 Å². The highest BCUT2D eigenvalue weighted by atomic mass is 16.7. The highest BCUT2D eigenvalue weighted by Gasteiger charge is 2.52. The maximum atomic E-state index is 11.3. The van der Waals surface area contributed by atoms with Crippen LogP contribution >= 0.6 is 0 Å². The van der Waals surface area contributed by atoms with Crippen LogP contribution in [0.2, 0.25) is 0 Å². The first-order chi connectivity index (χ1) is 14.1. The number of hydrogen-bond acceptors (Lipinski definition) is 8. The monoisotopic (exact) mass is 417 g/mol. The van der Waals surface area contributed by atoms with Gasteiger partial charge in [-0.1, -0.05) is 0 Å². The van der Waals surface area contributed by atoms with Crippen molar-refractivity contribution in [3.05, 3.63) is 57.1 Å². The van der Waals surface area contributed by atoms with Crippen molar-refractivity contribution in [2.75, 3.05) is 25.3 Å². The van der Waals surface area contributed by atoms with Crippen molar-refractivity contribution in [3.8, 4) is 5.75 Å². The molecule has 3 atom stereocenters. The van der Waals surface area contributed by atoms with Crippen molar-refractivity contribution in [3.63, 3.8) is 0 Å². The van der Waals surface area contributed by atoms with E-state index in [1.807, 2.05) is 26.0 Å². The molecule has 162 valence electrons. The molecule has 0 fully saturated rings. The summed E-state index contributed by atoms with van der Waals surface area (Å²) in [6, 6.07) is 7.21. The van der Waals surface area contributed by atoms with Crippen LogP contribution in [0.5, 0.6) is 5.75 Å². The Morgan fingerprint density at radius 3 is 2.47 bits per heavy atom. The predicted molar refractivity (Wildman–Crippen MR) is 113 cm³/mol. The third-order valence-corrected chi connectivity index (χ3v) is 5.65. The molecule has 0 amide bonds. The van der Waals surface area contributed by atoms with Crippen LogP contribution in [0.25, 0.3) is 0 Å². The van der Waals surface area contributed by atoms with Crippen molar-refractivity contribution >= 4 is 17.1 Å². The predicted octanol–water partition coefficient (Wildman–Crippen LogP) is 3.08. The van der Waals surface area contributed by atoms with Crippen molar-refractivity contribution in [1.82, 2.24) is 0 Å². The van der Waals surface area contributed by atoms with E-state index in [2.05, 4.69) is 5.32 Å². The fourth-order valence-electron chi connectivity index (χ4n) is 3.82. The minimum absolute atomic E-state index is 0.108. The van der Waals surface area contributed by atoms with E-state index < -0.39 is 29.0 Å². The fourth-order valence-corrected chi connectivity index (χ4v) is 3.82. The maximum Gasteiger partial charge on any atom is 0.270 e. The molecule has 0 bridgehead atoms. The molecule has 0 unspecified atom stereocenters. The minimum atomic E-state index is -1.29. The van der Waals surface area contributed by atoms with Crippen molar-refractivity contribution < 1.29 is 24.2 Å². The van der Waals surface area contributed by atoms with Crippen molar-refractivity contribution in [2.24, 2.45) is 0 Å². The first-order valence-electron chi connectivity index (χ1n) is 9.46. The average molecular weight is 417 g/mol. The summed E-state index contributed by atoms with van der Waals surface area (Å²) < 4.78 is 16.8. The summed E-state index contributed by atoms with van der Waals surface area (Å²) in [4.78, 5) is 10.8. The Labute approximate surface area is 174 Å². The number of benzene rings is 2. The lowest BCUT2D eigenvalue weighted by molar-refractivity contribution is -0.385. The Morgan fingerprint density at radius 2 is 1.87 bits per heavy atom. The number of nitro benzene ring substituents is 1. The van der Waals surface area contributed by atoms with Gasteiger partial charge in [-0.05, 0) is 50.1 Å². The number of ether oxygens (including phenoxy) is 3. The molecule has 30 heavy (non-hydrogen) atoms. The summed E-state index contributed by atoms with van der Waals surface area (Å²) in [5, 5.41) is 25.9. The number of aryl methyl sites for hydroxylation is 2. The van der Waals surface area contributed by atoms with E-state index in [4.69, 9.17) is 19.9 Å². The Kier molecular flexibility index (Phi) is 5.89. The van der Waals surface area contributed by atoms with Gasteiger partial charge in [-0.15, -0.1) is 0 Å². The molecule has 0 aromatic heterocycles. The SMILES string of the molecule is COC(OC)[C@@]1(C)Oc2ccc([N+](=O)[O-])cc2[C@H](Nc2cc(C)c(C)cc2N)[C@H]1O. The second-order valence-corrected chi connectivity index (χ2v) is 7.66. The van der Waals surface area contributed by atoms with E-state index >= 15 is 0 Å². The number of aliphatic hydroxyl groups is 1. The lowest BCUT2D eigenvalue weighted by Crippen LogP contribution is -2.60. The molecular weight excluding hydrogens is 390 g/mol. The number of nitrogens with zero attached hydrogens (tertiary/aromatic N) is 1. The smallest absolute Gasteiger partial charge is 0.270 e. The Balaban J connectivity index is 2.14. The topological polar surface area (TPSA) is 129 Å². The Hall–Kier alpha value is -2.88. The number of nitro groups is 1. The number of non-ortho nitro benzene ring substituents is 1. The molecule has 0 spiro atoms. The summed E-state index contributed by atoms with van der Waals surface area (Å²) >= 11 is 0. The standard InChI is InChI=1S/C21H27N3O6/c1-11-8-15(22)16(9-12(11)2)23-18-14-10-13(24(26)27)6-7-17(14)30-21(3,19(18)25)20(28-4)29-5/h6-10,18-20,23,25H,22H2,1-5H3/t18-,19+,21-/m0/s1. The van der Waals surface area contributed by atoms with Crippen LogP contribution in [-0.4, -0.2) is 42.2 Å². The maximum absolute atomic E-state index is 11.3. The first kappa shape index (κ1) is 21.8. The number of aliphatic hydroxyl groups excluding tert-OH is 1. The quantitative estimate of drug-likeness (QED) is 0.283. The van der Waals surface area contributed by atoms with Gasteiger partial charge in [-0.2, -0.15) is 0 Å². The van der Waals surface area contributed by atoms with E-state index in [1.54, 1.807) is 6.92 Å². The van der Waals surface area contributed by atoms with Gasteiger partial charge in [0, 0.05) is 31.9 Å². The zero-order valence-corrected chi connectivity index (χ0v) is 17.6. The number of methoxy groups -OCH3 is 2. The number of rotatable bonds is 6. The molecule has 9 nitrogen and oxygen atoms in total. The van der Waals surface area contributed by atoms with E-state index in [9.17, 15) is 15.2 Å². The zero-order chi connectivity index (χ0) is 22.2. The molecule has 0 aliphatic carbocycles. The van der Waals surface area contributed by atoms with Crippen LogP contribution < -0.4 is 15.8 Å². The fraction of sp³-hybridized carbons (Fsp3) is 0.429. The van der Waals surface area contributed by atoms with Gasteiger partial charge in [0.1, 0.15) is 11.9 Å². The van der Waals surface area contributed by atoms with Gasteiger partial charge in [-0.25, -0.2) is 0 Å². The van der Waals surface area contributed by atoms with Gasteiger partial charge in [-0.3, -0.25) is 10.1 Å². The zero-order valence-electron chi connectivity index (χ0n) is 17.6. The largest absolute Gasteiger partial charge is 0.479 e. The number of nitrogen functional groups attached to an aromatic ring is 1. The number of hydrogen-bond donors (Lipinski definition) is 3. The van der Waals surface area contributed by atoms with Crippen molar-refractivity contribution in [1.29, 1.82) is 0 Å². The summed E-state index contributed by atoms with van der Waals surface area (Å²) in [5.41, 5.74) is 8.39. The second kappa shape index (κ2) is 8.10. The minimum Gasteiger partial charge on any atom is -0.479 e. The summed E-state index contributed by atoms with van der Waals surface area (Å²) in [6.07, 6.45) is -2.07. The van der Waals surface area contributed by atoms with Crippen LogP contribution in [0.15, 0.2) is 30.3 Å². The summed E-state index contributed by atoms with van der Waals surface area (Å²) in [7, 11) is 2.90. The van der Waals surface area contributed by atoms with Crippen LogP contribution in [0.4, 0.5) is 17.1 Å². The first-order valence-corrected chi connectivity index (χ1v) is 9.46. The molecule has 0 radical (unpaired) electrons. The molecule has 2 aromatic rings. The second-order valence-electron chi connectivity index (χ2n) is 7.66. The van der Waals surface area contributed by atoms with Gasteiger partial charge >= 0.3 is 0 Å². The van der Waals surface area contributed by atoms with Gasteiger partial charge in [0.05, 0.1) is 22.3 Å². The van der Waals surface area contributed by atoms with Gasteiger partial charge in [0.25, 0.3) is 5.69 Å². The third-order valence-electron chi connectivity index (χ3n) is 5.65. The van der Waals surface area contributed by atoms with Crippen LogP contribution in [0.1, 0.15) is 29.7 Å². The molecule has 1 aliphatic heterocycles. The van der Waals surface area contributed by atoms with Crippen LogP contribution in [-0.2, 0) is 9.47 Å². The Morgan fingerprint density at radius 1 is 1.23 bits per heavy atom. The summed E-state index contributed by atoms with van der Waals surface area (Å²) in [5.74, 6) is 0.382. The molecule has 0 saturated heterocycles. The van der Waals surface area contributed by atoms with E-state index in [-0.39, 0.29) is 5.69 Å². The average Bonchev–Trinajstić information content (AvgIpc) is 2.69. The lowest BCUT2D eigenvalue weighted by atomic mass is 9.84. The van der Waals surface area contributed by atoms with Gasteiger partial charge in [0.2, 0.25) is 0 Å². The molecule has 2 aromatic carbocycles. The molecule has 9 heteroatoms. The highest BCUT2D eigenvalue weighted by Crippen LogP contribution is 2.45. The normalized spacial score (nSPS) is 23.0. The van der Waals surface area contributed by atoms with Gasteiger partial charge in [0.15, 0.2) is 11.9 Å². The number of nitrogens with one attached hydrogen (secondary N) is 1. The van der Waals surface area contributed by atoms with Gasteiger partial charge < -0.3 is 30.4 Å². The molecule has 4 N–H and O–H groups in total. The highest BCUT2D eigenvalue weighted by molar-refractivity contribution is 5.70. The molecule has 0 saturated carbocycles. The molecular formula is C21H27N3O6. The van der Waals surface area contributed by atoms with Crippen LogP contribution in [0, 0.1) is 24.0 Å². The number of nitrogens with two attached hydrogens (primary N) is 1. The summed E-state index contributed by atoms with van der Waals surface area (Å²) in [6.45, 7) is 5.57. The number of fused-ring (bicyclic) bond motifs is 1. The number of anilines is 2. The van der Waals surface area contributed by atoms with Crippen molar-refractivity contribution in [2.45, 2.75) is 44.8 Å². The molecule has 1 aliphatic rings. The molecule has 3 rings (SSSR count). The van der Waals surface area contributed by atoms with Crippen LogP contribution in [0.3, 0.4) is 0 Å². The Bertz CT molecular complexity index is 962. The third kappa shape index (κ3) is 3.67. The molecule has 1 heterocycles. The lowest BCUT2D eigenvalue weighted by Gasteiger charge is -2.46. The van der Waals surface area contributed by atoms with E-state index in [0.29, 0.717) is 22.7 Å². The van der Waals surface area contributed by atoms with E-state index in [0.717, 1.165) is 11.1 Å².